The van der Waals surface area contributed by atoms with Gasteiger partial charge in [0, 0.05) is 11.0 Å². The lowest BCUT2D eigenvalue weighted by Crippen LogP contribution is -2.44. The zero-order valence-electron chi connectivity index (χ0n) is 11.3. The van der Waals surface area contributed by atoms with Crippen molar-refractivity contribution in [2.45, 2.75) is 38.8 Å². The Labute approximate surface area is 123 Å². The molecule has 4 heteroatoms. The molecule has 1 aromatic carbocycles. The Morgan fingerprint density at radius 3 is 3.05 bits per heavy atom. The van der Waals surface area contributed by atoms with E-state index in [1.54, 1.807) is 0 Å². The Kier molecular flexibility index (Phi) is 5.40. The topological polar surface area (TPSA) is 29.5 Å². The van der Waals surface area contributed by atoms with Gasteiger partial charge in [-0.25, -0.2) is 0 Å². The zero-order valence-corrected chi connectivity index (χ0v) is 12.9. The molecule has 0 N–H and O–H groups in total. The molecule has 1 aliphatic rings. The van der Waals surface area contributed by atoms with E-state index in [9.17, 15) is 4.79 Å². The van der Waals surface area contributed by atoms with E-state index >= 15 is 0 Å². The van der Waals surface area contributed by atoms with E-state index in [0.717, 1.165) is 36.8 Å². The largest absolute Gasteiger partial charge is 0.465 e. The SMILES string of the molecule is CCOC(=O)[C@@H]1CCCCN1Cc1cccc(Br)c1. The van der Waals surface area contributed by atoms with Crippen LogP contribution < -0.4 is 0 Å². The number of hydrogen-bond donors (Lipinski definition) is 0. The van der Waals surface area contributed by atoms with E-state index in [2.05, 4.69) is 33.0 Å². The molecular formula is C15H20BrNO2. The molecule has 1 aliphatic heterocycles. The van der Waals surface area contributed by atoms with Crippen LogP contribution in [0.1, 0.15) is 31.7 Å². The number of piperidine rings is 1. The summed E-state index contributed by atoms with van der Waals surface area (Å²) >= 11 is 3.49. The highest BCUT2D eigenvalue weighted by Crippen LogP contribution is 2.22. The minimum absolute atomic E-state index is 0.0720. The van der Waals surface area contributed by atoms with Gasteiger partial charge < -0.3 is 4.74 Å². The van der Waals surface area contributed by atoms with Crippen molar-refractivity contribution >= 4 is 21.9 Å². The third kappa shape index (κ3) is 4.05. The summed E-state index contributed by atoms with van der Waals surface area (Å²) in [6.07, 6.45) is 3.18. The third-order valence-electron chi connectivity index (χ3n) is 3.45. The van der Waals surface area contributed by atoms with Gasteiger partial charge in [0.1, 0.15) is 6.04 Å². The molecule has 0 radical (unpaired) electrons. The summed E-state index contributed by atoms with van der Waals surface area (Å²) in [5, 5.41) is 0. The summed E-state index contributed by atoms with van der Waals surface area (Å²) in [6.45, 7) is 4.10. The maximum absolute atomic E-state index is 12.0. The lowest BCUT2D eigenvalue weighted by molar-refractivity contribution is -0.151. The lowest BCUT2D eigenvalue weighted by Gasteiger charge is -2.33. The number of carbonyl (C=O) groups is 1. The predicted octanol–water partition coefficient (Wildman–Crippen LogP) is 3.37. The first kappa shape index (κ1) is 14.5. The fraction of sp³-hybridized carbons (Fsp3) is 0.533. The maximum Gasteiger partial charge on any atom is 0.323 e. The fourth-order valence-electron chi connectivity index (χ4n) is 2.56. The minimum Gasteiger partial charge on any atom is -0.465 e. The molecule has 0 saturated carbocycles. The summed E-state index contributed by atoms with van der Waals surface area (Å²) in [7, 11) is 0. The normalized spacial score (nSPS) is 20.2. The standard InChI is InChI=1S/C15H20BrNO2/c1-2-19-15(18)14-8-3-4-9-17(14)11-12-6-5-7-13(16)10-12/h5-7,10,14H,2-4,8-9,11H2,1H3/t14-/m0/s1. The molecule has 1 aromatic rings. The van der Waals surface area contributed by atoms with Crippen molar-refractivity contribution in [3.8, 4) is 0 Å². The van der Waals surface area contributed by atoms with Crippen molar-refractivity contribution in [3.63, 3.8) is 0 Å². The summed E-state index contributed by atoms with van der Waals surface area (Å²) in [4.78, 5) is 14.2. The fourth-order valence-corrected chi connectivity index (χ4v) is 3.00. The molecule has 104 valence electrons. The molecule has 0 aromatic heterocycles. The highest BCUT2D eigenvalue weighted by Gasteiger charge is 2.29. The number of likely N-dealkylation sites (tertiary alicyclic amines) is 1. The van der Waals surface area contributed by atoms with E-state index in [1.165, 1.54) is 5.56 Å². The van der Waals surface area contributed by atoms with Crippen LogP contribution in [0.2, 0.25) is 0 Å². The van der Waals surface area contributed by atoms with Crippen LogP contribution in [0.3, 0.4) is 0 Å². The van der Waals surface area contributed by atoms with Gasteiger partial charge >= 0.3 is 5.97 Å². The van der Waals surface area contributed by atoms with Gasteiger partial charge in [0.15, 0.2) is 0 Å². The summed E-state index contributed by atoms with van der Waals surface area (Å²) in [5.74, 6) is -0.0720. The van der Waals surface area contributed by atoms with Crippen molar-refractivity contribution in [3.05, 3.63) is 34.3 Å². The molecule has 0 aliphatic carbocycles. The summed E-state index contributed by atoms with van der Waals surface area (Å²) in [5.41, 5.74) is 1.23. The Balaban J connectivity index is 2.05. The molecule has 0 spiro atoms. The molecule has 1 fully saturated rings. The number of esters is 1. The second-order valence-electron chi connectivity index (χ2n) is 4.86. The predicted molar refractivity (Wildman–Crippen MR) is 78.8 cm³/mol. The van der Waals surface area contributed by atoms with Crippen LogP contribution >= 0.6 is 15.9 Å². The van der Waals surface area contributed by atoms with Gasteiger partial charge in [-0.1, -0.05) is 34.5 Å². The molecular weight excluding hydrogens is 306 g/mol. The zero-order chi connectivity index (χ0) is 13.7. The molecule has 3 nitrogen and oxygen atoms in total. The van der Waals surface area contributed by atoms with Gasteiger partial charge in [-0.2, -0.15) is 0 Å². The molecule has 19 heavy (non-hydrogen) atoms. The van der Waals surface area contributed by atoms with Gasteiger partial charge in [0.05, 0.1) is 6.61 Å². The van der Waals surface area contributed by atoms with Crippen LogP contribution in [0, 0.1) is 0 Å². The van der Waals surface area contributed by atoms with Gasteiger partial charge in [0.2, 0.25) is 0 Å². The van der Waals surface area contributed by atoms with Gasteiger partial charge in [-0.05, 0) is 44.0 Å². The molecule has 1 saturated heterocycles. The number of halogens is 1. The number of ether oxygens (including phenoxy) is 1. The van der Waals surface area contributed by atoms with Gasteiger partial charge in [-0.3, -0.25) is 9.69 Å². The smallest absolute Gasteiger partial charge is 0.323 e. The van der Waals surface area contributed by atoms with Crippen LogP contribution in [0.25, 0.3) is 0 Å². The number of carbonyl (C=O) groups excluding carboxylic acids is 1. The third-order valence-corrected chi connectivity index (χ3v) is 3.94. The minimum atomic E-state index is -0.0762. The Bertz CT molecular complexity index is 436. The molecule has 0 bridgehead atoms. The summed E-state index contributed by atoms with van der Waals surface area (Å²) < 4.78 is 6.26. The van der Waals surface area contributed by atoms with E-state index in [0.29, 0.717) is 6.61 Å². The average molecular weight is 326 g/mol. The molecule has 1 heterocycles. The van der Waals surface area contributed by atoms with E-state index in [4.69, 9.17) is 4.74 Å². The highest BCUT2D eigenvalue weighted by molar-refractivity contribution is 9.10. The first-order valence-corrected chi connectivity index (χ1v) is 7.65. The molecule has 1 atom stereocenters. The quantitative estimate of drug-likeness (QED) is 0.795. The maximum atomic E-state index is 12.0. The molecule has 0 amide bonds. The highest BCUT2D eigenvalue weighted by atomic mass is 79.9. The van der Waals surface area contributed by atoms with Crippen molar-refractivity contribution < 1.29 is 9.53 Å². The number of hydrogen-bond acceptors (Lipinski definition) is 3. The van der Waals surface area contributed by atoms with Crippen molar-refractivity contribution in [2.24, 2.45) is 0 Å². The van der Waals surface area contributed by atoms with Gasteiger partial charge in [0.25, 0.3) is 0 Å². The lowest BCUT2D eigenvalue weighted by atomic mass is 10.0. The van der Waals surface area contributed by atoms with E-state index in [-0.39, 0.29) is 12.0 Å². The van der Waals surface area contributed by atoms with Crippen molar-refractivity contribution in [1.82, 2.24) is 4.90 Å². The number of rotatable bonds is 4. The Morgan fingerprint density at radius 2 is 2.32 bits per heavy atom. The Hall–Kier alpha value is -0.870. The second kappa shape index (κ2) is 7.06. The van der Waals surface area contributed by atoms with E-state index in [1.807, 2.05) is 19.1 Å². The average Bonchev–Trinajstić information content (AvgIpc) is 2.39. The van der Waals surface area contributed by atoms with Crippen LogP contribution in [-0.4, -0.2) is 30.1 Å². The first-order chi connectivity index (χ1) is 9.20. The monoisotopic (exact) mass is 325 g/mol. The first-order valence-electron chi connectivity index (χ1n) is 6.86. The molecule has 0 unspecified atom stereocenters. The Morgan fingerprint density at radius 1 is 1.47 bits per heavy atom. The van der Waals surface area contributed by atoms with E-state index < -0.39 is 0 Å². The van der Waals surface area contributed by atoms with Gasteiger partial charge in [-0.15, -0.1) is 0 Å². The molecule has 2 rings (SSSR count). The van der Waals surface area contributed by atoms with Crippen molar-refractivity contribution in [1.29, 1.82) is 0 Å². The summed E-state index contributed by atoms with van der Waals surface area (Å²) in [6, 6.07) is 8.18. The van der Waals surface area contributed by atoms with Crippen LogP contribution in [0.4, 0.5) is 0 Å². The van der Waals surface area contributed by atoms with Crippen molar-refractivity contribution in [2.75, 3.05) is 13.2 Å². The number of nitrogens with zero attached hydrogens (tertiary/aromatic N) is 1. The van der Waals surface area contributed by atoms with Crippen LogP contribution in [0.15, 0.2) is 28.7 Å². The second-order valence-corrected chi connectivity index (χ2v) is 5.78. The van der Waals surface area contributed by atoms with Crippen LogP contribution in [0.5, 0.6) is 0 Å². The number of benzene rings is 1. The van der Waals surface area contributed by atoms with Crippen LogP contribution in [-0.2, 0) is 16.1 Å².